The molecule has 0 spiro atoms. The summed E-state index contributed by atoms with van der Waals surface area (Å²) in [6.45, 7) is 8.02. The van der Waals surface area contributed by atoms with Crippen LogP contribution in [-0.4, -0.2) is 74.5 Å². The Morgan fingerprint density at radius 1 is 1.23 bits per heavy atom. The average molecular weight is 564 g/mol. The van der Waals surface area contributed by atoms with Crippen molar-refractivity contribution < 1.29 is 22.7 Å². The molecule has 39 heavy (non-hydrogen) atoms. The molecule has 3 N–H and O–H groups in total. The van der Waals surface area contributed by atoms with Gasteiger partial charge in [0.1, 0.15) is 16.8 Å². The Hall–Kier alpha value is -3.06. The van der Waals surface area contributed by atoms with Gasteiger partial charge in [-0.05, 0) is 45.7 Å². The first kappa shape index (κ1) is 27.5. The van der Waals surface area contributed by atoms with Gasteiger partial charge in [-0.3, -0.25) is 0 Å². The number of fused-ring (bicyclic) bond motifs is 1. The maximum atomic E-state index is 14.0. The second-order valence-corrected chi connectivity index (χ2v) is 12.1. The summed E-state index contributed by atoms with van der Waals surface area (Å²) < 4.78 is 47.5. The molecule has 3 aromatic heterocycles. The van der Waals surface area contributed by atoms with Crippen LogP contribution in [0.15, 0.2) is 24.5 Å². The van der Waals surface area contributed by atoms with Gasteiger partial charge in [-0.25, -0.2) is 19.7 Å². The number of nitrogens with zero attached hydrogens (tertiary/aromatic N) is 4. The SMILES string of the molecule is CC(C)(C)OC(=O)N1CCC[C@H](Nc2ncc(C(F)(F)F)c(-c3c[nH]c4nc(C5CNCCS5)ccc34)n2)C1. The summed E-state index contributed by atoms with van der Waals surface area (Å²) in [6, 6.07) is 3.43. The first-order valence-electron chi connectivity index (χ1n) is 13.0. The highest BCUT2D eigenvalue weighted by atomic mass is 32.2. The summed E-state index contributed by atoms with van der Waals surface area (Å²) in [4.78, 5) is 30.2. The van der Waals surface area contributed by atoms with Gasteiger partial charge >= 0.3 is 12.3 Å². The van der Waals surface area contributed by atoms with E-state index >= 15 is 0 Å². The molecule has 2 saturated heterocycles. The molecule has 2 atom stereocenters. The molecule has 0 bridgehead atoms. The number of nitrogens with one attached hydrogen (secondary N) is 3. The number of carbonyl (C=O) groups excluding carboxylic acids is 1. The molecular formula is C26H32F3N7O2S. The predicted octanol–water partition coefficient (Wildman–Crippen LogP) is 5.23. The van der Waals surface area contributed by atoms with Gasteiger partial charge in [0.05, 0.1) is 16.6 Å². The van der Waals surface area contributed by atoms with Crippen molar-refractivity contribution >= 4 is 34.8 Å². The van der Waals surface area contributed by atoms with E-state index in [4.69, 9.17) is 9.72 Å². The number of likely N-dealkylation sites (tertiary alicyclic amines) is 1. The van der Waals surface area contributed by atoms with Crippen molar-refractivity contribution in [2.45, 2.75) is 56.7 Å². The van der Waals surface area contributed by atoms with Crippen molar-refractivity contribution in [1.29, 1.82) is 0 Å². The van der Waals surface area contributed by atoms with Gasteiger partial charge < -0.3 is 25.3 Å². The van der Waals surface area contributed by atoms with Crippen LogP contribution in [0.5, 0.6) is 0 Å². The van der Waals surface area contributed by atoms with E-state index in [-0.39, 0.29) is 22.9 Å². The lowest BCUT2D eigenvalue weighted by Crippen LogP contribution is -2.47. The highest BCUT2D eigenvalue weighted by Crippen LogP contribution is 2.39. The molecule has 1 unspecified atom stereocenters. The summed E-state index contributed by atoms with van der Waals surface area (Å²) in [7, 11) is 0. The number of piperidine rings is 1. The molecule has 0 aromatic carbocycles. The molecule has 9 nitrogen and oxygen atoms in total. The number of pyridine rings is 1. The number of carbonyl (C=O) groups is 1. The molecule has 0 radical (unpaired) electrons. The minimum Gasteiger partial charge on any atom is -0.444 e. The van der Waals surface area contributed by atoms with Crippen LogP contribution in [0, 0.1) is 0 Å². The first-order chi connectivity index (χ1) is 18.5. The van der Waals surface area contributed by atoms with Crippen LogP contribution in [0.2, 0.25) is 0 Å². The maximum absolute atomic E-state index is 14.0. The normalized spacial score (nSPS) is 20.7. The molecule has 0 saturated carbocycles. The Kier molecular flexibility index (Phi) is 7.64. The van der Waals surface area contributed by atoms with E-state index in [9.17, 15) is 18.0 Å². The lowest BCUT2D eigenvalue weighted by atomic mass is 10.1. The van der Waals surface area contributed by atoms with E-state index in [1.165, 1.54) is 6.20 Å². The van der Waals surface area contributed by atoms with Crippen molar-refractivity contribution in [3.05, 3.63) is 35.8 Å². The van der Waals surface area contributed by atoms with Gasteiger partial charge in [-0.1, -0.05) is 0 Å². The van der Waals surface area contributed by atoms with E-state index < -0.39 is 23.4 Å². The van der Waals surface area contributed by atoms with Gasteiger partial charge in [0.25, 0.3) is 0 Å². The average Bonchev–Trinajstić information content (AvgIpc) is 3.31. The van der Waals surface area contributed by atoms with Crippen molar-refractivity contribution in [2.24, 2.45) is 0 Å². The third-order valence-corrected chi connectivity index (χ3v) is 7.82. The van der Waals surface area contributed by atoms with E-state index in [0.717, 1.165) is 37.2 Å². The summed E-state index contributed by atoms with van der Waals surface area (Å²) in [5.41, 5.74) is -0.0887. The third kappa shape index (κ3) is 6.40. The van der Waals surface area contributed by atoms with Crippen LogP contribution in [0.3, 0.4) is 0 Å². The van der Waals surface area contributed by atoms with Crippen LogP contribution in [0.1, 0.15) is 50.1 Å². The predicted molar refractivity (Wildman–Crippen MR) is 145 cm³/mol. The standard InChI is InChI=1S/C26H32F3N7O2S/c1-25(2,3)38-24(37)36-9-4-5-15(14-36)33-23-32-12-18(26(27,28)29)21(35-23)17-11-31-22-16(17)6-7-19(34-22)20-13-30-8-10-39-20/h6-7,11-12,15,20,30H,4-5,8-10,13-14H2,1-3H3,(H,31,34)(H,32,33,35)/t15-,20?/m0/s1. The number of ether oxygens (including phenoxy) is 1. The molecule has 2 fully saturated rings. The number of rotatable bonds is 4. The summed E-state index contributed by atoms with van der Waals surface area (Å²) >= 11 is 1.81. The molecule has 2 aliphatic heterocycles. The molecule has 1 amide bonds. The van der Waals surface area contributed by atoms with Gasteiger partial charge in [0.2, 0.25) is 5.95 Å². The van der Waals surface area contributed by atoms with E-state index in [0.29, 0.717) is 36.1 Å². The fourth-order valence-corrected chi connectivity index (χ4v) is 5.87. The zero-order valence-electron chi connectivity index (χ0n) is 22.1. The van der Waals surface area contributed by atoms with Crippen molar-refractivity contribution in [3.63, 3.8) is 0 Å². The Bertz CT molecular complexity index is 1340. The van der Waals surface area contributed by atoms with Gasteiger partial charge in [0, 0.05) is 61.3 Å². The second kappa shape index (κ2) is 10.8. The molecule has 2 aliphatic rings. The van der Waals surface area contributed by atoms with Gasteiger partial charge in [0.15, 0.2) is 0 Å². The zero-order chi connectivity index (χ0) is 27.8. The summed E-state index contributed by atoms with van der Waals surface area (Å²) in [5.74, 6) is 1.04. The lowest BCUT2D eigenvalue weighted by molar-refractivity contribution is -0.137. The van der Waals surface area contributed by atoms with Crippen molar-refractivity contribution in [1.82, 2.24) is 30.2 Å². The van der Waals surface area contributed by atoms with Crippen LogP contribution >= 0.6 is 11.8 Å². The fraction of sp³-hybridized carbons (Fsp3) is 0.538. The Balaban J connectivity index is 1.41. The number of aromatic amines is 1. The molecular weight excluding hydrogens is 531 g/mol. The highest BCUT2D eigenvalue weighted by Gasteiger charge is 2.36. The largest absolute Gasteiger partial charge is 0.444 e. The van der Waals surface area contributed by atoms with Gasteiger partial charge in [-0.2, -0.15) is 13.2 Å². The van der Waals surface area contributed by atoms with E-state index in [1.54, 1.807) is 31.7 Å². The number of alkyl halides is 3. The summed E-state index contributed by atoms with van der Waals surface area (Å²) in [5, 5.41) is 7.22. The molecule has 13 heteroatoms. The van der Waals surface area contributed by atoms with E-state index in [2.05, 4.69) is 25.6 Å². The third-order valence-electron chi connectivity index (χ3n) is 6.57. The van der Waals surface area contributed by atoms with E-state index in [1.807, 2.05) is 17.8 Å². The first-order valence-corrected chi connectivity index (χ1v) is 14.0. The number of amides is 1. The number of H-pyrrole nitrogens is 1. The van der Waals surface area contributed by atoms with Crippen molar-refractivity contribution in [2.75, 3.05) is 37.2 Å². The van der Waals surface area contributed by atoms with Crippen LogP contribution in [0.4, 0.5) is 23.9 Å². The quantitative estimate of drug-likeness (QED) is 0.396. The van der Waals surface area contributed by atoms with Crippen LogP contribution in [0.25, 0.3) is 22.3 Å². The zero-order valence-corrected chi connectivity index (χ0v) is 22.9. The molecule has 5 heterocycles. The Morgan fingerprint density at radius 3 is 2.77 bits per heavy atom. The number of aromatic nitrogens is 4. The molecule has 210 valence electrons. The smallest absolute Gasteiger partial charge is 0.419 e. The number of hydrogen-bond donors (Lipinski definition) is 3. The van der Waals surface area contributed by atoms with Crippen molar-refractivity contribution in [3.8, 4) is 11.3 Å². The van der Waals surface area contributed by atoms with Crippen LogP contribution < -0.4 is 10.6 Å². The van der Waals surface area contributed by atoms with Gasteiger partial charge in [-0.15, -0.1) is 11.8 Å². The molecule has 0 aliphatic carbocycles. The Labute approximate surface area is 228 Å². The Morgan fingerprint density at radius 2 is 2.05 bits per heavy atom. The second-order valence-electron chi connectivity index (χ2n) is 10.8. The molecule has 3 aromatic rings. The fourth-order valence-electron chi connectivity index (χ4n) is 4.78. The topological polar surface area (TPSA) is 108 Å². The number of thioether (sulfide) groups is 1. The monoisotopic (exact) mass is 563 g/mol. The molecule has 5 rings (SSSR count). The number of halogens is 3. The lowest BCUT2D eigenvalue weighted by Gasteiger charge is -2.34. The number of hydrogen-bond acceptors (Lipinski definition) is 8. The minimum absolute atomic E-state index is 0.0673. The minimum atomic E-state index is -4.65. The number of anilines is 1. The van der Waals surface area contributed by atoms with Crippen LogP contribution in [-0.2, 0) is 10.9 Å². The summed E-state index contributed by atoms with van der Waals surface area (Å²) in [6.07, 6.45) is -1.31. The maximum Gasteiger partial charge on any atom is 0.419 e. The highest BCUT2D eigenvalue weighted by molar-refractivity contribution is 7.99.